The molecule has 1 fully saturated rings. The predicted octanol–water partition coefficient (Wildman–Crippen LogP) is 5.86. The van der Waals surface area contributed by atoms with Crippen molar-refractivity contribution in [2.75, 3.05) is 7.05 Å². The molecule has 0 amide bonds. The smallest absolute Gasteiger partial charge is 0.0798 e. The van der Waals surface area contributed by atoms with Crippen LogP contribution in [0.15, 0.2) is 47.3 Å². The lowest BCUT2D eigenvalue weighted by molar-refractivity contribution is 0.379. The van der Waals surface area contributed by atoms with E-state index in [0.29, 0.717) is 6.04 Å². The van der Waals surface area contributed by atoms with Gasteiger partial charge in [0, 0.05) is 7.05 Å². The second-order valence-corrected chi connectivity index (χ2v) is 13.4. The molecular formula is C21H31NSi. The van der Waals surface area contributed by atoms with E-state index < -0.39 is 8.07 Å². The largest absolute Gasteiger partial charge is 0.370 e. The van der Waals surface area contributed by atoms with Crippen molar-refractivity contribution in [3.05, 3.63) is 58.4 Å². The molecule has 1 heterocycles. The molecule has 124 valence electrons. The molecule has 2 aliphatic rings. The van der Waals surface area contributed by atoms with Gasteiger partial charge >= 0.3 is 0 Å². The Hall–Kier alpha value is -1.28. The maximum absolute atomic E-state index is 2.60. The summed E-state index contributed by atoms with van der Waals surface area (Å²) >= 11 is 0. The Morgan fingerprint density at radius 2 is 1.70 bits per heavy atom. The summed E-state index contributed by atoms with van der Waals surface area (Å²) in [6, 6.07) is 9.26. The lowest BCUT2D eigenvalue weighted by atomic mass is 9.89. The fraction of sp³-hybridized carbons (Fsp3) is 0.524. The highest BCUT2D eigenvalue weighted by molar-refractivity contribution is 6.84. The zero-order valence-electron chi connectivity index (χ0n) is 15.4. The van der Waals surface area contributed by atoms with E-state index >= 15 is 0 Å². The van der Waals surface area contributed by atoms with Crippen LogP contribution in [0.4, 0.5) is 0 Å². The van der Waals surface area contributed by atoms with Crippen LogP contribution in [0.2, 0.25) is 19.6 Å². The number of benzene rings is 1. The van der Waals surface area contributed by atoms with Crippen LogP contribution in [0.5, 0.6) is 0 Å². The van der Waals surface area contributed by atoms with Crippen molar-refractivity contribution in [3.8, 4) is 0 Å². The summed E-state index contributed by atoms with van der Waals surface area (Å²) in [5.41, 5.74) is 4.54. The van der Waals surface area contributed by atoms with E-state index in [0.717, 1.165) is 5.92 Å². The molecule has 1 nitrogen and oxygen atoms in total. The lowest BCUT2D eigenvalue weighted by Gasteiger charge is -2.38. The molecule has 0 aromatic heterocycles. The third kappa shape index (κ3) is 3.33. The predicted molar refractivity (Wildman–Crippen MR) is 103 cm³/mol. The van der Waals surface area contributed by atoms with Crippen molar-refractivity contribution in [1.29, 1.82) is 0 Å². The molecule has 1 aliphatic carbocycles. The second-order valence-electron chi connectivity index (χ2n) is 8.36. The van der Waals surface area contributed by atoms with Crippen LogP contribution in [0.1, 0.15) is 42.9 Å². The number of nitrogens with zero attached hydrogens (tertiary/aromatic N) is 1. The van der Waals surface area contributed by atoms with Gasteiger partial charge in [0.15, 0.2) is 0 Å². The normalized spacial score (nSPS) is 23.0. The minimum absolute atomic E-state index is 0.395. The van der Waals surface area contributed by atoms with E-state index in [1.54, 1.807) is 10.8 Å². The molecule has 1 saturated carbocycles. The van der Waals surface area contributed by atoms with Gasteiger partial charge in [-0.25, -0.2) is 0 Å². The average Bonchev–Trinajstić information content (AvgIpc) is 3.01. The van der Waals surface area contributed by atoms with Gasteiger partial charge in [0.05, 0.1) is 14.1 Å². The molecule has 2 heteroatoms. The summed E-state index contributed by atoms with van der Waals surface area (Å²) in [5.74, 6) is 0.799. The zero-order chi connectivity index (χ0) is 16.6. The number of hydrogen-bond donors (Lipinski definition) is 0. The quantitative estimate of drug-likeness (QED) is 0.629. The van der Waals surface area contributed by atoms with Crippen molar-refractivity contribution in [2.24, 2.45) is 5.92 Å². The Morgan fingerprint density at radius 1 is 1.04 bits per heavy atom. The van der Waals surface area contributed by atoms with E-state index in [4.69, 9.17) is 0 Å². The van der Waals surface area contributed by atoms with Gasteiger partial charge in [-0.2, -0.15) is 0 Å². The van der Waals surface area contributed by atoms with Gasteiger partial charge in [0.25, 0.3) is 0 Å². The molecule has 1 aromatic carbocycles. The molecule has 0 saturated heterocycles. The summed E-state index contributed by atoms with van der Waals surface area (Å²) in [5, 5.41) is 1.68. The summed E-state index contributed by atoms with van der Waals surface area (Å²) in [4.78, 5) is 2.44. The van der Waals surface area contributed by atoms with Crippen LogP contribution in [0, 0.1) is 12.8 Å². The van der Waals surface area contributed by atoms with Crippen LogP contribution in [-0.4, -0.2) is 20.0 Å². The van der Waals surface area contributed by atoms with Gasteiger partial charge in [-0.3, -0.25) is 0 Å². The molecule has 1 aromatic rings. The fourth-order valence-corrected chi connectivity index (χ4v) is 5.93. The van der Waals surface area contributed by atoms with Crippen molar-refractivity contribution in [1.82, 2.24) is 4.90 Å². The number of likely N-dealkylation sites (N-methyl/N-ethyl adjacent to an activating group) is 1. The summed E-state index contributed by atoms with van der Waals surface area (Å²) in [6.45, 7) is 9.71. The van der Waals surface area contributed by atoms with Crippen LogP contribution in [0.3, 0.4) is 0 Å². The van der Waals surface area contributed by atoms with Crippen LogP contribution in [0.25, 0.3) is 0 Å². The summed E-state index contributed by atoms with van der Waals surface area (Å²) < 4.78 is 0. The third-order valence-electron chi connectivity index (χ3n) is 5.53. The SMILES string of the molecule is Cc1ccccc1C1C=C(C2CCCC2)C([Si](C)(C)C)=CN1C. The first-order valence-corrected chi connectivity index (χ1v) is 12.6. The van der Waals surface area contributed by atoms with Gasteiger partial charge in [-0.15, -0.1) is 0 Å². The number of aryl methyl sites for hydroxylation is 1. The molecule has 1 unspecified atom stereocenters. The van der Waals surface area contributed by atoms with E-state index in [1.807, 2.05) is 0 Å². The molecule has 0 radical (unpaired) electrons. The van der Waals surface area contributed by atoms with Crippen LogP contribution >= 0.6 is 0 Å². The molecule has 1 aliphatic heterocycles. The maximum Gasteiger partial charge on any atom is 0.0798 e. The van der Waals surface area contributed by atoms with E-state index in [1.165, 1.54) is 36.8 Å². The number of hydrogen-bond acceptors (Lipinski definition) is 1. The first-order valence-electron chi connectivity index (χ1n) is 9.10. The molecule has 1 atom stereocenters. The molecule has 0 bridgehead atoms. The lowest BCUT2D eigenvalue weighted by Crippen LogP contribution is -2.34. The molecule has 23 heavy (non-hydrogen) atoms. The fourth-order valence-electron chi connectivity index (χ4n) is 4.18. The van der Waals surface area contributed by atoms with Crippen molar-refractivity contribution in [2.45, 2.75) is 58.3 Å². The van der Waals surface area contributed by atoms with Gasteiger partial charge in [-0.1, -0.05) is 62.8 Å². The van der Waals surface area contributed by atoms with Crippen LogP contribution in [-0.2, 0) is 0 Å². The van der Waals surface area contributed by atoms with Gasteiger partial charge in [-0.05, 0) is 53.8 Å². The summed E-state index contributed by atoms with van der Waals surface area (Å²) in [7, 11) is 0.927. The molecule has 0 spiro atoms. The Morgan fingerprint density at radius 3 is 2.30 bits per heavy atom. The highest BCUT2D eigenvalue weighted by Crippen LogP contribution is 2.43. The van der Waals surface area contributed by atoms with Gasteiger partial charge in [0.2, 0.25) is 0 Å². The number of allylic oxidation sites excluding steroid dienone is 2. The summed E-state index contributed by atoms with van der Waals surface area (Å²) in [6.07, 6.45) is 10.7. The monoisotopic (exact) mass is 325 g/mol. The zero-order valence-corrected chi connectivity index (χ0v) is 16.4. The van der Waals surface area contributed by atoms with Crippen LogP contribution < -0.4 is 0 Å². The highest BCUT2D eigenvalue weighted by Gasteiger charge is 2.33. The molecule has 0 N–H and O–H groups in total. The Balaban J connectivity index is 2.04. The average molecular weight is 326 g/mol. The van der Waals surface area contributed by atoms with Crippen molar-refractivity contribution in [3.63, 3.8) is 0 Å². The minimum atomic E-state index is -1.32. The Bertz CT molecular complexity index is 629. The first-order chi connectivity index (χ1) is 10.9. The molecular weight excluding hydrogens is 294 g/mol. The highest BCUT2D eigenvalue weighted by atomic mass is 28.3. The number of rotatable bonds is 3. The van der Waals surface area contributed by atoms with Crippen molar-refractivity contribution < 1.29 is 0 Å². The maximum atomic E-state index is 2.60. The molecule has 3 rings (SSSR count). The topological polar surface area (TPSA) is 3.24 Å². The van der Waals surface area contributed by atoms with Gasteiger partial charge in [0.1, 0.15) is 0 Å². The van der Waals surface area contributed by atoms with Crippen molar-refractivity contribution >= 4 is 8.07 Å². The first kappa shape index (κ1) is 16.6. The van der Waals surface area contributed by atoms with E-state index in [9.17, 15) is 0 Å². The van der Waals surface area contributed by atoms with Gasteiger partial charge < -0.3 is 4.90 Å². The van der Waals surface area contributed by atoms with E-state index in [2.05, 4.69) is 75.1 Å². The minimum Gasteiger partial charge on any atom is -0.370 e. The third-order valence-corrected chi connectivity index (χ3v) is 7.56. The van der Waals surface area contributed by atoms with E-state index in [-0.39, 0.29) is 0 Å². The second kappa shape index (κ2) is 6.31. The standard InChI is InChI=1S/C21H31NSi/c1-16-10-6-9-13-18(16)20-14-19(17-11-7-8-12-17)21(15-22(20)2)23(3,4)5/h6,9-10,13-15,17,20H,7-8,11-12H2,1-5H3. The Labute approximate surface area is 143 Å². The Kier molecular flexibility index (Phi) is 4.55.